The summed E-state index contributed by atoms with van der Waals surface area (Å²) in [7, 11) is 0. The van der Waals surface area contributed by atoms with Gasteiger partial charge in [-0.3, -0.25) is 9.59 Å². The number of nitrogens with one attached hydrogen (secondary N) is 2. The largest absolute Gasteiger partial charge is 0.367 e. The van der Waals surface area contributed by atoms with E-state index in [2.05, 4.69) is 10.3 Å². The van der Waals surface area contributed by atoms with Crippen LogP contribution in [0, 0.1) is 0 Å². The minimum Gasteiger partial charge on any atom is -0.367 e. The van der Waals surface area contributed by atoms with E-state index in [0.29, 0.717) is 6.54 Å². The normalized spacial score (nSPS) is 11.8. The minimum absolute atomic E-state index is 0.141. The molecule has 4 heteroatoms. The van der Waals surface area contributed by atoms with Crippen LogP contribution < -0.4 is 10.7 Å². The van der Waals surface area contributed by atoms with Gasteiger partial charge in [0.15, 0.2) is 5.43 Å². The van der Waals surface area contributed by atoms with Gasteiger partial charge in [-0.05, 0) is 11.5 Å². The van der Waals surface area contributed by atoms with Crippen molar-refractivity contribution in [1.29, 1.82) is 0 Å². The zero-order valence-corrected chi connectivity index (χ0v) is 10.7. The van der Waals surface area contributed by atoms with Gasteiger partial charge in [0.05, 0.1) is 0 Å². The van der Waals surface area contributed by atoms with Gasteiger partial charge in [0.2, 0.25) is 0 Å². The van der Waals surface area contributed by atoms with Gasteiger partial charge in [0, 0.05) is 25.0 Å². The molecule has 2 aromatic rings. The van der Waals surface area contributed by atoms with Gasteiger partial charge >= 0.3 is 0 Å². The molecule has 0 aliphatic rings. The Balaban J connectivity index is 1.98. The molecule has 1 heterocycles. The van der Waals surface area contributed by atoms with Crippen LogP contribution in [-0.2, 0) is 0 Å². The van der Waals surface area contributed by atoms with Crippen LogP contribution in [0.25, 0.3) is 0 Å². The highest BCUT2D eigenvalue weighted by atomic mass is 16.2. The molecule has 0 aliphatic heterocycles. The molecule has 0 fully saturated rings. The van der Waals surface area contributed by atoms with E-state index >= 15 is 0 Å². The fourth-order valence-corrected chi connectivity index (χ4v) is 1.83. The first-order valence-corrected chi connectivity index (χ1v) is 6.18. The topological polar surface area (TPSA) is 62.0 Å². The molecule has 19 heavy (non-hydrogen) atoms. The van der Waals surface area contributed by atoms with Crippen molar-refractivity contribution in [2.24, 2.45) is 0 Å². The molecule has 4 nitrogen and oxygen atoms in total. The second-order valence-electron chi connectivity index (χ2n) is 4.44. The molecule has 1 atom stereocenters. The lowest BCUT2D eigenvalue weighted by Gasteiger charge is -2.12. The van der Waals surface area contributed by atoms with E-state index in [1.807, 2.05) is 37.3 Å². The van der Waals surface area contributed by atoms with Gasteiger partial charge in [0.1, 0.15) is 5.56 Å². The molecule has 98 valence electrons. The maximum atomic E-state index is 11.9. The highest BCUT2D eigenvalue weighted by Gasteiger charge is 2.11. The molecule has 2 rings (SSSR count). The van der Waals surface area contributed by atoms with E-state index in [1.165, 1.54) is 18.5 Å². The van der Waals surface area contributed by atoms with E-state index in [4.69, 9.17) is 0 Å². The lowest BCUT2D eigenvalue weighted by molar-refractivity contribution is 0.0950. The van der Waals surface area contributed by atoms with Crippen LogP contribution in [-0.4, -0.2) is 17.4 Å². The third-order valence-electron chi connectivity index (χ3n) is 3.01. The quantitative estimate of drug-likeness (QED) is 0.877. The Bertz CT molecular complexity index is 605. The van der Waals surface area contributed by atoms with Gasteiger partial charge in [-0.2, -0.15) is 0 Å². The van der Waals surface area contributed by atoms with Crippen molar-refractivity contribution in [2.75, 3.05) is 6.54 Å². The lowest BCUT2D eigenvalue weighted by atomic mass is 10.0. The van der Waals surface area contributed by atoms with Crippen molar-refractivity contribution in [1.82, 2.24) is 10.3 Å². The minimum atomic E-state index is -0.343. The van der Waals surface area contributed by atoms with Crippen LogP contribution in [0.5, 0.6) is 0 Å². The summed E-state index contributed by atoms with van der Waals surface area (Å²) in [6.07, 6.45) is 2.93. The highest BCUT2D eigenvalue weighted by molar-refractivity contribution is 5.93. The number of aromatic amines is 1. The molecule has 1 unspecified atom stereocenters. The van der Waals surface area contributed by atoms with E-state index in [-0.39, 0.29) is 22.8 Å². The molecule has 0 radical (unpaired) electrons. The predicted molar refractivity (Wildman–Crippen MR) is 74.3 cm³/mol. The molecule has 0 saturated carbocycles. The van der Waals surface area contributed by atoms with Gasteiger partial charge in [-0.15, -0.1) is 0 Å². The fraction of sp³-hybridized carbons (Fsp3) is 0.200. The molecule has 2 N–H and O–H groups in total. The Kier molecular flexibility index (Phi) is 4.13. The van der Waals surface area contributed by atoms with Crippen molar-refractivity contribution < 1.29 is 4.79 Å². The number of hydrogen-bond donors (Lipinski definition) is 2. The third-order valence-corrected chi connectivity index (χ3v) is 3.01. The molecule has 0 bridgehead atoms. The number of amides is 1. The van der Waals surface area contributed by atoms with Crippen molar-refractivity contribution in [2.45, 2.75) is 12.8 Å². The zero-order chi connectivity index (χ0) is 13.7. The first-order chi connectivity index (χ1) is 9.18. The Morgan fingerprint density at radius 3 is 2.68 bits per heavy atom. The van der Waals surface area contributed by atoms with Crippen LogP contribution in [0.15, 0.2) is 53.6 Å². The number of hydrogen-bond acceptors (Lipinski definition) is 2. The number of benzene rings is 1. The Hall–Kier alpha value is -2.36. The Morgan fingerprint density at radius 1 is 1.26 bits per heavy atom. The molecule has 0 aliphatic carbocycles. The second kappa shape index (κ2) is 6.00. The van der Waals surface area contributed by atoms with Gasteiger partial charge < -0.3 is 10.3 Å². The Labute approximate surface area is 111 Å². The average Bonchev–Trinajstić information content (AvgIpc) is 2.46. The SMILES string of the molecule is CC(CNC(=O)c1c[nH]ccc1=O)c1ccccc1. The summed E-state index contributed by atoms with van der Waals surface area (Å²) in [5, 5.41) is 2.78. The number of carbonyl (C=O) groups excluding carboxylic acids is 1. The molecule has 1 aromatic carbocycles. The number of rotatable bonds is 4. The van der Waals surface area contributed by atoms with Gasteiger partial charge in [-0.1, -0.05) is 37.3 Å². The smallest absolute Gasteiger partial charge is 0.256 e. The zero-order valence-electron chi connectivity index (χ0n) is 10.7. The molecule has 0 saturated heterocycles. The maximum absolute atomic E-state index is 11.9. The molecule has 1 amide bonds. The molecule has 1 aromatic heterocycles. The summed E-state index contributed by atoms with van der Waals surface area (Å²) in [5.41, 5.74) is 1.02. The summed E-state index contributed by atoms with van der Waals surface area (Å²) < 4.78 is 0. The van der Waals surface area contributed by atoms with E-state index in [0.717, 1.165) is 5.56 Å². The molecular weight excluding hydrogens is 240 g/mol. The van der Waals surface area contributed by atoms with E-state index in [1.54, 1.807) is 0 Å². The van der Waals surface area contributed by atoms with E-state index < -0.39 is 0 Å². The summed E-state index contributed by atoms with van der Waals surface area (Å²) in [6.45, 7) is 2.53. The van der Waals surface area contributed by atoms with Crippen LogP contribution >= 0.6 is 0 Å². The summed E-state index contributed by atoms with van der Waals surface area (Å²) in [6, 6.07) is 11.3. The van der Waals surface area contributed by atoms with Gasteiger partial charge in [0.25, 0.3) is 5.91 Å². The summed E-state index contributed by atoms with van der Waals surface area (Å²) in [5.74, 6) is -0.141. The standard InChI is InChI=1S/C15H16N2O2/c1-11(12-5-3-2-4-6-12)9-17-15(19)13-10-16-8-7-14(13)18/h2-8,10-11H,9H2,1H3,(H,16,18)(H,17,19). The Morgan fingerprint density at radius 2 is 2.00 bits per heavy atom. The van der Waals surface area contributed by atoms with Crippen molar-refractivity contribution in [3.05, 3.63) is 70.1 Å². The van der Waals surface area contributed by atoms with Crippen molar-refractivity contribution in [3.8, 4) is 0 Å². The maximum Gasteiger partial charge on any atom is 0.256 e. The summed E-state index contributed by atoms with van der Waals surface area (Å²) in [4.78, 5) is 26.1. The highest BCUT2D eigenvalue weighted by Crippen LogP contribution is 2.12. The van der Waals surface area contributed by atoms with Crippen molar-refractivity contribution >= 4 is 5.91 Å². The predicted octanol–water partition coefficient (Wildman–Crippen LogP) is 1.91. The van der Waals surface area contributed by atoms with Crippen molar-refractivity contribution in [3.63, 3.8) is 0 Å². The number of H-pyrrole nitrogens is 1. The second-order valence-corrected chi connectivity index (χ2v) is 4.44. The van der Waals surface area contributed by atoms with Crippen LogP contribution in [0.2, 0.25) is 0 Å². The van der Waals surface area contributed by atoms with Gasteiger partial charge in [-0.25, -0.2) is 0 Å². The molecule has 0 spiro atoms. The van der Waals surface area contributed by atoms with Crippen LogP contribution in [0.3, 0.4) is 0 Å². The van der Waals surface area contributed by atoms with Crippen LogP contribution in [0.4, 0.5) is 0 Å². The van der Waals surface area contributed by atoms with E-state index in [9.17, 15) is 9.59 Å². The number of pyridine rings is 1. The molecular formula is C15H16N2O2. The monoisotopic (exact) mass is 256 g/mol. The van der Waals surface area contributed by atoms with Crippen LogP contribution in [0.1, 0.15) is 28.8 Å². The first kappa shape index (κ1) is 13.1. The summed E-state index contributed by atoms with van der Waals surface area (Å²) >= 11 is 0. The third kappa shape index (κ3) is 3.31. The lowest BCUT2D eigenvalue weighted by Crippen LogP contribution is -2.31. The number of aromatic nitrogens is 1. The number of carbonyl (C=O) groups is 1. The average molecular weight is 256 g/mol. The first-order valence-electron chi connectivity index (χ1n) is 6.18. The fourth-order valence-electron chi connectivity index (χ4n) is 1.83.